The number of benzene rings is 2. The molecule has 0 aliphatic carbocycles. The van der Waals surface area contributed by atoms with Gasteiger partial charge in [-0.1, -0.05) is 23.7 Å². The number of halogens is 7. The first kappa shape index (κ1) is 25.0. The van der Waals surface area contributed by atoms with Crippen molar-refractivity contribution in [2.45, 2.75) is 38.2 Å². The average molecular weight is 517 g/mol. The molecule has 35 heavy (non-hydrogen) atoms. The van der Waals surface area contributed by atoms with Crippen molar-refractivity contribution in [3.8, 4) is 17.0 Å². The molecule has 5 nitrogen and oxygen atoms in total. The maximum Gasteiger partial charge on any atom is 0.416 e. The molecule has 0 unspecified atom stereocenters. The summed E-state index contributed by atoms with van der Waals surface area (Å²) in [6.45, 7) is 2.43. The van der Waals surface area contributed by atoms with E-state index in [2.05, 4.69) is 15.2 Å². The van der Waals surface area contributed by atoms with Crippen molar-refractivity contribution in [3.63, 3.8) is 0 Å². The Bertz CT molecular complexity index is 1210. The van der Waals surface area contributed by atoms with E-state index >= 15 is 0 Å². The van der Waals surface area contributed by atoms with Crippen LogP contribution < -0.4 is 9.64 Å². The molecule has 1 aromatic heterocycles. The molecule has 0 bridgehead atoms. The van der Waals surface area contributed by atoms with Gasteiger partial charge in [0.05, 0.1) is 27.5 Å². The first-order chi connectivity index (χ1) is 16.4. The van der Waals surface area contributed by atoms with Gasteiger partial charge in [-0.3, -0.25) is 0 Å². The third-order valence-electron chi connectivity index (χ3n) is 5.58. The minimum atomic E-state index is -4.51. The summed E-state index contributed by atoms with van der Waals surface area (Å²) >= 11 is 6.02. The molecule has 12 heteroatoms. The molecule has 0 radical (unpaired) electrons. The van der Waals surface area contributed by atoms with Crippen LogP contribution in [0.4, 0.5) is 32.3 Å². The lowest BCUT2D eigenvalue weighted by molar-refractivity contribution is -0.138. The van der Waals surface area contributed by atoms with E-state index in [1.54, 1.807) is 11.8 Å². The fraction of sp³-hybridized carbons (Fsp3) is 0.348. The van der Waals surface area contributed by atoms with Crippen molar-refractivity contribution in [1.82, 2.24) is 15.2 Å². The lowest BCUT2D eigenvalue weighted by atomic mass is 10.1. The highest BCUT2D eigenvalue weighted by Gasteiger charge is 2.32. The van der Waals surface area contributed by atoms with Gasteiger partial charge in [-0.25, -0.2) is 4.98 Å². The largest absolute Gasteiger partial charge is 0.489 e. The van der Waals surface area contributed by atoms with Gasteiger partial charge in [-0.15, -0.1) is 10.2 Å². The third-order valence-corrected chi connectivity index (χ3v) is 5.90. The lowest BCUT2D eigenvalue weighted by Crippen LogP contribution is -2.39. The van der Waals surface area contributed by atoms with Gasteiger partial charge in [-0.05, 0) is 37.3 Å². The Hall–Kier alpha value is -3.08. The molecule has 2 heterocycles. The molecule has 0 atom stereocenters. The van der Waals surface area contributed by atoms with Crippen molar-refractivity contribution in [3.05, 3.63) is 64.3 Å². The quantitative estimate of drug-likeness (QED) is 0.366. The fourth-order valence-corrected chi connectivity index (χ4v) is 3.91. The van der Waals surface area contributed by atoms with Crippen LogP contribution in [0.25, 0.3) is 11.3 Å². The highest BCUT2D eigenvalue weighted by molar-refractivity contribution is 6.32. The molecule has 4 rings (SSSR count). The molecular weight excluding hydrogens is 498 g/mol. The monoisotopic (exact) mass is 516 g/mol. The second-order valence-electron chi connectivity index (χ2n) is 8.07. The smallest absolute Gasteiger partial charge is 0.416 e. The zero-order chi connectivity index (χ0) is 25.4. The number of hydrogen-bond donors (Lipinski definition) is 0. The molecule has 0 amide bonds. The fourth-order valence-electron chi connectivity index (χ4n) is 3.74. The Kier molecular flexibility index (Phi) is 6.81. The molecule has 0 N–H and O–H groups in total. The molecule has 0 saturated carbocycles. The van der Waals surface area contributed by atoms with Gasteiger partial charge in [0.25, 0.3) is 0 Å². The van der Waals surface area contributed by atoms with E-state index in [9.17, 15) is 26.3 Å². The maximum absolute atomic E-state index is 13.1. The van der Waals surface area contributed by atoms with Gasteiger partial charge in [0, 0.05) is 31.5 Å². The van der Waals surface area contributed by atoms with Gasteiger partial charge in [0.1, 0.15) is 11.9 Å². The van der Waals surface area contributed by atoms with E-state index < -0.39 is 23.5 Å². The number of piperidine rings is 1. The number of nitrogens with zero attached hydrogens (tertiary/aromatic N) is 4. The molecule has 1 aliphatic heterocycles. The Morgan fingerprint density at radius 2 is 1.57 bits per heavy atom. The maximum atomic E-state index is 13.1. The summed E-state index contributed by atoms with van der Waals surface area (Å²) in [5, 5.41) is 8.22. The Labute approximate surface area is 201 Å². The Morgan fingerprint density at radius 3 is 2.23 bits per heavy atom. The van der Waals surface area contributed by atoms with Crippen molar-refractivity contribution < 1.29 is 31.1 Å². The number of aromatic nitrogens is 3. The highest BCUT2D eigenvalue weighted by Crippen LogP contribution is 2.36. The molecule has 3 aromatic rings. The molecule has 1 saturated heterocycles. The summed E-state index contributed by atoms with van der Waals surface area (Å²) in [4.78, 5) is 6.25. The first-order valence-electron chi connectivity index (χ1n) is 10.6. The first-order valence-corrected chi connectivity index (χ1v) is 11.0. The van der Waals surface area contributed by atoms with E-state index in [0.29, 0.717) is 31.6 Å². The Balaban J connectivity index is 1.47. The van der Waals surface area contributed by atoms with Crippen LogP contribution in [0.2, 0.25) is 5.02 Å². The number of rotatable bonds is 4. The summed E-state index contributed by atoms with van der Waals surface area (Å²) in [6, 6.07) is 7.74. The molecular formula is C23H19ClF6N4O. The van der Waals surface area contributed by atoms with Crippen LogP contribution in [0.1, 0.15) is 29.7 Å². The SMILES string of the molecule is Cc1nnc(N2CCC(Oc3cc(C(F)(F)F)ccc3Cl)CC2)nc1-c1cccc(C(F)(F)F)c1. The molecule has 1 aliphatic rings. The topological polar surface area (TPSA) is 51.1 Å². The summed E-state index contributed by atoms with van der Waals surface area (Å²) < 4.78 is 84.1. The van der Waals surface area contributed by atoms with Crippen LogP contribution in [0.5, 0.6) is 5.75 Å². The summed E-state index contributed by atoms with van der Waals surface area (Å²) in [7, 11) is 0. The standard InChI is InChI=1S/C23H19ClF6N4O/c1-13-20(14-3-2-4-15(11-14)22(25,26)27)31-21(33-32-13)34-9-7-17(8-10-34)35-19-12-16(23(28,29)30)5-6-18(19)24/h2-6,11-12,17H,7-10H2,1H3. The predicted octanol–water partition coefficient (Wildman–Crippen LogP) is 6.59. The zero-order valence-electron chi connectivity index (χ0n) is 18.3. The van der Waals surface area contributed by atoms with E-state index in [-0.39, 0.29) is 34.1 Å². The van der Waals surface area contributed by atoms with Gasteiger partial charge in [0.2, 0.25) is 5.95 Å². The van der Waals surface area contributed by atoms with Crippen LogP contribution in [0.15, 0.2) is 42.5 Å². The minimum absolute atomic E-state index is 0.0416. The van der Waals surface area contributed by atoms with Crippen molar-refractivity contribution in [2.24, 2.45) is 0 Å². The van der Waals surface area contributed by atoms with Crippen molar-refractivity contribution in [1.29, 1.82) is 0 Å². The van der Waals surface area contributed by atoms with E-state index in [1.807, 2.05) is 0 Å². The highest BCUT2D eigenvalue weighted by atomic mass is 35.5. The molecule has 186 valence electrons. The van der Waals surface area contributed by atoms with Crippen LogP contribution in [-0.2, 0) is 12.4 Å². The summed E-state index contributed by atoms with van der Waals surface area (Å²) in [5.74, 6) is 0.207. The van der Waals surface area contributed by atoms with E-state index in [0.717, 1.165) is 30.3 Å². The third kappa shape index (κ3) is 5.77. The van der Waals surface area contributed by atoms with Crippen LogP contribution in [0.3, 0.4) is 0 Å². The van der Waals surface area contributed by atoms with Crippen LogP contribution >= 0.6 is 11.6 Å². The number of alkyl halides is 6. The Morgan fingerprint density at radius 1 is 0.914 bits per heavy atom. The number of ether oxygens (including phenoxy) is 1. The minimum Gasteiger partial charge on any atom is -0.489 e. The number of aryl methyl sites for hydroxylation is 1. The van der Waals surface area contributed by atoms with Crippen LogP contribution in [0, 0.1) is 6.92 Å². The van der Waals surface area contributed by atoms with Crippen molar-refractivity contribution in [2.75, 3.05) is 18.0 Å². The summed E-state index contributed by atoms with van der Waals surface area (Å²) in [6.07, 6.45) is -8.49. The zero-order valence-corrected chi connectivity index (χ0v) is 19.0. The van der Waals surface area contributed by atoms with E-state index in [4.69, 9.17) is 16.3 Å². The van der Waals surface area contributed by atoms with Gasteiger partial charge in [0.15, 0.2) is 0 Å². The normalized spacial score (nSPS) is 15.4. The molecule has 2 aromatic carbocycles. The lowest BCUT2D eigenvalue weighted by Gasteiger charge is -2.32. The van der Waals surface area contributed by atoms with E-state index in [1.165, 1.54) is 12.1 Å². The second kappa shape index (κ2) is 9.52. The van der Waals surface area contributed by atoms with Gasteiger partial charge >= 0.3 is 12.4 Å². The average Bonchev–Trinajstić information content (AvgIpc) is 2.80. The molecule has 1 fully saturated rings. The molecule has 0 spiro atoms. The van der Waals surface area contributed by atoms with Crippen molar-refractivity contribution >= 4 is 17.5 Å². The number of anilines is 1. The number of hydrogen-bond acceptors (Lipinski definition) is 5. The van der Waals surface area contributed by atoms with Gasteiger partial charge < -0.3 is 9.64 Å². The predicted molar refractivity (Wildman–Crippen MR) is 117 cm³/mol. The second-order valence-corrected chi connectivity index (χ2v) is 8.48. The van der Waals surface area contributed by atoms with Gasteiger partial charge in [-0.2, -0.15) is 26.3 Å². The van der Waals surface area contributed by atoms with Crippen LogP contribution in [-0.4, -0.2) is 34.4 Å². The summed E-state index contributed by atoms with van der Waals surface area (Å²) in [5.41, 5.74) is -0.706.